The van der Waals surface area contributed by atoms with Crippen LogP contribution in [0.3, 0.4) is 0 Å². The lowest BCUT2D eigenvalue weighted by Crippen LogP contribution is -2.43. The highest BCUT2D eigenvalue weighted by Crippen LogP contribution is 2.18. The van der Waals surface area contributed by atoms with Gasteiger partial charge in [0.15, 0.2) is 0 Å². The van der Waals surface area contributed by atoms with Gasteiger partial charge in [-0.3, -0.25) is 9.59 Å². The molecule has 0 bridgehead atoms. The SMILES string of the molecule is CC(C)N1CCC(CNC(=O)C(=O)Nc2cc(F)ccc2F)CC1. The molecule has 1 aliphatic heterocycles. The number of hydrogen-bond donors (Lipinski definition) is 2. The molecule has 1 saturated heterocycles. The van der Waals surface area contributed by atoms with Gasteiger partial charge in [0.1, 0.15) is 11.6 Å². The summed E-state index contributed by atoms with van der Waals surface area (Å²) in [5.74, 6) is -3.01. The second-order valence-electron chi connectivity index (χ2n) is 6.36. The minimum atomic E-state index is -1.00. The Hall–Kier alpha value is -2.02. The molecule has 5 nitrogen and oxygen atoms in total. The molecule has 24 heavy (non-hydrogen) atoms. The van der Waals surface area contributed by atoms with Crippen LogP contribution in [0, 0.1) is 17.6 Å². The fourth-order valence-electron chi connectivity index (χ4n) is 2.76. The van der Waals surface area contributed by atoms with E-state index in [1.54, 1.807) is 0 Å². The van der Waals surface area contributed by atoms with E-state index in [9.17, 15) is 18.4 Å². The third-order valence-corrected chi connectivity index (χ3v) is 4.31. The van der Waals surface area contributed by atoms with E-state index in [1.165, 1.54) is 0 Å². The van der Waals surface area contributed by atoms with Crippen molar-refractivity contribution in [3.8, 4) is 0 Å². The van der Waals surface area contributed by atoms with E-state index < -0.39 is 23.4 Å². The van der Waals surface area contributed by atoms with E-state index >= 15 is 0 Å². The first-order valence-electron chi connectivity index (χ1n) is 8.15. The predicted octanol–water partition coefficient (Wildman–Crippen LogP) is 2.14. The van der Waals surface area contributed by atoms with Crippen molar-refractivity contribution < 1.29 is 18.4 Å². The molecule has 1 aromatic rings. The predicted molar refractivity (Wildman–Crippen MR) is 87.4 cm³/mol. The van der Waals surface area contributed by atoms with E-state index in [-0.39, 0.29) is 5.69 Å². The van der Waals surface area contributed by atoms with Crippen LogP contribution < -0.4 is 10.6 Å². The first kappa shape index (κ1) is 18.3. The Kier molecular flexibility index (Phi) is 6.25. The topological polar surface area (TPSA) is 61.4 Å². The molecule has 2 N–H and O–H groups in total. The highest BCUT2D eigenvalue weighted by molar-refractivity contribution is 6.39. The number of benzene rings is 1. The number of likely N-dealkylation sites (tertiary alicyclic amines) is 1. The van der Waals surface area contributed by atoms with Crippen LogP contribution in [0.1, 0.15) is 26.7 Å². The van der Waals surface area contributed by atoms with Gasteiger partial charge in [-0.25, -0.2) is 8.78 Å². The van der Waals surface area contributed by atoms with Crippen molar-refractivity contribution >= 4 is 17.5 Å². The molecule has 0 unspecified atom stereocenters. The second-order valence-corrected chi connectivity index (χ2v) is 6.36. The smallest absolute Gasteiger partial charge is 0.313 e. The van der Waals surface area contributed by atoms with Crippen LogP contribution in [0.15, 0.2) is 18.2 Å². The highest BCUT2D eigenvalue weighted by atomic mass is 19.1. The number of nitrogens with zero attached hydrogens (tertiary/aromatic N) is 1. The molecule has 2 rings (SSSR count). The van der Waals surface area contributed by atoms with E-state index in [4.69, 9.17) is 0 Å². The number of nitrogens with one attached hydrogen (secondary N) is 2. The molecule has 1 fully saturated rings. The summed E-state index contributed by atoms with van der Waals surface area (Å²) in [6.07, 6.45) is 1.91. The summed E-state index contributed by atoms with van der Waals surface area (Å²) >= 11 is 0. The largest absolute Gasteiger partial charge is 0.348 e. The summed E-state index contributed by atoms with van der Waals surface area (Å²) < 4.78 is 26.5. The van der Waals surface area contributed by atoms with Crippen LogP contribution in [-0.4, -0.2) is 42.4 Å². The van der Waals surface area contributed by atoms with Crippen LogP contribution >= 0.6 is 0 Å². The Bertz CT molecular complexity index is 599. The monoisotopic (exact) mass is 339 g/mol. The summed E-state index contributed by atoms with van der Waals surface area (Å²) in [5, 5.41) is 4.65. The van der Waals surface area contributed by atoms with E-state index in [1.807, 2.05) is 0 Å². The Labute approximate surface area is 140 Å². The maximum absolute atomic E-state index is 13.5. The molecule has 0 atom stereocenters. The summed E-state index contributed by atoms with van der Waals surface area (Å²) in [7, 11) is 0. The quantitative estimate of drug-likeness (QED) is 0.826. The number of rotatable bonds is 4. The average Bonchev–Trinajstić information content (AvgIpc) is 2.56. The first-order valence-corrected chi connectivity index (χ1v) is 8.15. The van der Waals surface area contributed by atoms with Crippen molar-refractivity contribution in [2.45, 2.75) is 32.7 Å². The van der Waals surface area contributed by atoms with E-state index in [0.29, 0.717) is 18.5 Å². The first-order chi connectivity index (χ1) is 11.4. The maximum Gasteiger partial charge on any atom is 0.313 e. The number of halogens is 2. The van der Waals surface area contributed by atoms with Gasteiger partial charge in [0.05, 0.1) is 5.69 Å². The molecule has 0 aromatic heterocycles. The lowest BCUT2D eigenvalue weighted by atomic mass is 9.96. The molecular weight excluding hydrogens is 316 g/mol. The molecule has 0 aliphatic carbocycles. The average molecular weight is 339 g/mol. The third-order valence-electron chi connectivity index (χ3n) is 4.31. The van der Waals surface area contributed by atoms with Gasteiger partial charge in [0, 0.05) is 18.7 Å². The van der Waals surface area contributed by atoms with Gasteiger partial charge in [0.25, 0.3) is 0 Å². The van der Waals surface area contributed by atoms with Gasteiger partial charge < -0.3 is 15.5 Å². The fourth-order valence-corrected chi connectivity index (χ4v) is 2.76. The third kappa shape index (κ3) is 4.99. The van der Waals surface area contributed by atoms with Crippen molar-refractivity contribution in [3.05, 3.63) is 29.8 Å². The normalized spacial score (nSPS) is 16.2. The number of carbonyl (C=O) groups is 2. The zero-order valence-electron chi connectivity index (χ0n) is 13.9. The second kappa shape index (κ2) is 8.19. The molecule has 2 amide bonds. The number of amides is 2. The molecule has 132 valence electrons. The zero-order valence-corrected chi connectivity index (χ0v) is 13.9. The maximum atomic E-state index is 13.5. The van der Waals surface area contributed by atoms with E-state index in [0.717, 1.165) is 44.1 Å². The molecule has 0 spiro atoms. The fraction of sp³-hybridized carbons (Fsp3) is 0.529. The molecule has 0 saturated carbocycles. The molecule has 0 radical (unpaired) electrons. The van der Waals surface area contributed by atoms with Gasteiger partial charge in [-0.1, -0.05) is 0 Å². The molecular formula is C17H23F2N3O2. The van der Waals surface area contributed by atoms with Gasteiger partial charge in [-0.15, -0.1) is 0 Å². The molecule has 1 aromatic carbocycles. The summed E-state index contributed by atoms with van der Waals surface area (Å²) in [6, 6.07) is 3.18. The molecule has 1 aliphatic rings. The van der Waals surface area contributed by atoms with Crippen LogP contribution in [0.25, 0.3) is 0 Å². The van der Waals surface area contributed by atoms with Crippen molar-refractivity contribution in [2.75, 3.05) is 25.0 Å². The Balaban J connectivity index is 1.78. The number of carbonyl (C=O) groups excluding carboxylic acids is 2. The summed E-state index contributed by atoms with van der Waals surface area (Å²) in [5.41, 5.74) is -0.347. The minimum Gasteiger partial charge on any atom is -0.348 e. The van der Waals surface area contributed by atoms with Crippen LogP contribution in [0.4, 0.5) is 14.5 Å². The number of piperidine rings is 1. The van der Waals surface area contributed by atoms with Crippen molar-refractivity contribution in [3.63, 3.8) is 0 Å². The van der Waals surface area contributed by atoms with Crippen molar-refractivity contribution in [2.24, 2.45) is 5.92 Å². The van der Waals surface area contributed by atoms with Crippen LogP contribution in [0.2, 0.25) is 0 Å². The van der Waals surface area contributed by atoms with Gasteiger partial charge in [0.2, 0.25) is 0 Å². The lowest BCUT2D eigenvalue weighted by molar-refractivity contribution is -0.136. The van der Waals surface area contributed by atoms with Gasteiger partial charge >= 0.3 is 11.8 Å². The summed E-state index contributed by atoms with van der Waals surface area (Å²) in [4.78, 5) is 26.0. The zero-order chi connectivity index (χ0) is 17.7. The number of anilines is 1. The Morgan fingerprint density at radius 1 is 1.21 bits per heavy atom. The van der Waals surface area contributed by atoms with Crippen molar-refractivity contribution in [1.29, 1.82) is 0 Å². The Morgan fingerprint density at radius 2 is 1.88 bits per heavy atom. The van der Waals surface area contributed by atoms with Gasteiger partial charge in [-0.2, -0.15) is 0 Å². The van der Waals surface area contributed by atoms with Crippen LogP contribution in [0.5, 0.6) is 0 Å². The lowest BCUT2D eigenvalue weighted by Gasteiger charge is -2.34. The highest BCUT2D eigenvalue weighted by Gasteiger charge is 2.22. The number of hydrogen-bond acceptors (Lipinski definition) is 3. The Morgan fingerprint density at radius 3 is 2.50 bits per heavy atom. The molecule has 7 heteroatoms. The van der Waals surface area contributed by atoms with Crippen LogP contribution in [-0.2, 0) is 9.59 Å². The van der Waals surface area contributed by atoms with Gasteiger partial charge in [-0.05, 0) is 57.8 Å². The minimum absolute atomic E-state index is 0.322. The van der Waals surface area contributed by atoms with E-state index in [2.05, 4.69) is 29.4 Å². The molecule has 1 heterocycles. The summed E-state index contributed by atoms with van der Waals surface area (Å²) in [6.45, 7) is 6.65. The van der Waals surface area contributed by atoms with Crippen molar-refractivity contribution in [1.82, 2.24) is 10.2 Å². The standard InChI is InChI=1S/C17H23F2N3O2/c1-11(2)22-7-5-12(6-8-22)10-20-16(23)17(24)21-15-9-13(18)3-4-14(15)19/h3-4,9,11-12H,5-8,10H2,1-2H3,(H,20,23)(H,21,24).